The number of nitrogens with one attached hydrogen (secondary N) is 1. The second-order valence-electron chi connectivity index (χ2n) is 6.38. The normalized spacial score (nSPS) is 19.6. The average molecular weight is 399 g/mol. The highest BCUT2D eigenvalue weighted by molar-refractivity contribution is 14.0. The molecule has 0 unspecified atom stereocenters. The Labute approximate surface area is 145 Å². The van der Waals surface area contributed by atoms with Crippen molar-refractivity contribution in [1.82, 2.24) is 10.2 Å². The fourth-order valence-corrected chi connectivity index (χ4v) is 3.16. The molecule has 0 spiro atoms. The number of halogens is 1. The van der Waals surface area contributed by atoms with Gasteiger partial charge in [-0.25, -0.2) is 0 Å². The Morgan fingerprint density at radius 3 is 2.48 bits per heavy atom. The first-order valence-electron chi connectivity index (χ1n) is 7.69. The molecule has 1 aromatic carbocycles. The molecular weight excluding hydrogens is 373 g/mol. The van der Waals surface area contributed by atoms with Crippen LogP contribution in [0.5, 0.6) is 0 Å². The predicted octanol–water partition coefficient (Wildman–Crippen LogP) is 3.50. The second kappa shape index (κ2) is 6.99. The maximum atomic E-state index is 4.43. The highest BCUT2D eigenvalue weighted by Gasteiger charge is 2.53. The summed E-state index contributed by atoms with van der Waals surface area (Å²) in [6, 6.07) is 10.6. The van der Waals surface area contributed by atoms with E-state index in [2.05, 4.69) is 52.6 Å². The zero-order valence-corrected chi connectivity index (χ0v) is 15.3. The van der Waals surface area contributed by atoms with Crippen LogP contribution in [0.4, 0.5) is 0 Å². The molecule has 2 aliphatic rings. The fraction of sp³-hybridized carbons (Fsp3) is 0.588. The SMILES string of the molecule is CN=C(NCC1(C2CC2)CC1)N(C)Cc1ccccc1.I. The first-order chi connectivity index (χ1) is 9.73. The van der Waals surface area contributed by atoms with Crippen LogP contribution in [0, 0.1) is 11.3 Å². The molecule has 3 rings (SSSR count). The van der Waals surface area contributed by atoms with Gasteiger partial charge in [-0.2, -0.15) is 0 Å². The maximum Gasteiger partial charge on any atom is 0.193 e. The first kappa shape index (κ1) is 16.6. The minimum Gasteiger partial charge on any atom is -0.356 e. The lowest BCUT2D eigenvalue weighted by Crippen LogP contribution is -2.41. The summed E-state index contributed by atoms with van der Waals surface area (Å²) >= 11 is 0. The van der Waals surface area contributed by atoms with E-state index in [4.69, 9.17) is 0 Å². The Hall–Kier alpha value is -0.780. The molecule has 0 aliphatic heterocycles. The van der Waals surface area contributed by atoms with Crippen molar-refractivity contribution in [3.05, 3.63) is 35.9 Å². The third-order valence-corrected chi connectivity index (χ3v) is 4.77. The molecule has 2 fully saturated rings. The van der Waals surface area contributed by atoms with Crippen molar-refractivity contribution in [1.29, 1.82) is 0 Å². The number of benzene rings is 1. The van der Waals surface area contributed by atoms with Gasteiger partial charge in [0.15, 0.2) is 5.96 Å². The average Bonchev–Trinajstić information content (AvgIpc) is 3.34. The van der Waals surface area contributed by atoms with Crippen LogP contribution in [0.15, 0.2) is 35.3 Å². The summed E-state index contributed by atoms with van der Waals surface area (Å²) in [7, 11) is 3.99. The molecule has 2 aliphatic carbocycles. The van der Waals surface area contributed by atoms with Gasteiger partial charge in [-0.15, -0.1) is 24.0 Å². The van der Waals surface area contributed by atoms with Gasteiger partial charge in [0.2, 0.25) is 0 Å². The number of rotatable bonds is 5. The van der Waals surface area contributed by atoms with Crippen LogP contribution in [-0.4, -0.2) is 31.5 Å². The lowest BCUT2D eigenvalue weighted by atomic mass is 10.0. The van der Waals surface area contributed by atoms with E-state index in [0.29, 0.717) is 5.41 Å². The fourth-order valence-electron chi connectivity index (χ4n) is 3.16. The number of hydrogen-bond donors (Lipinski definition) is 1. The van der Waals surface area contributed by atoms with Crippen LogP contribution in [-0.2, 0) is 6.54 Å². The second-order valence-corrected chi connectivity index (χ2v) is 6.38. The quantitative estimate of drug-likeness (QED) is 0.466. The summed E-state index contributed by atoms with van der Waals surface area (Å²) < 4.78 is 0. The van der Waals surface area contributed by atoms with Gasteiger partial charge in [0.05, 0.1) is 0 Å². The molecule has 0 heterocycles. The van der Waals surface area contributed by atoms with Crippen LogP contribution in [0.25, 0.3) is 0 Å². The van der Waals surface area contributed by atoms with Crippen molar-refractivity contribution >= 4 is 29.9 Å². The standard InChI is InChI=1S/C17H25N3.HI/c1-18-16(19-13-17(10-11-17)15-8-9-15)20(2)12-14-6-4-3-5-7-14;/h3-7,15H,8-13H2,1-2H3,(H,18,19);1H. The molecule has 2 saturated carbocycles. The van der Waals surface area contributed by atoms with Crippen molar-refractivity contribution in [2.24, 2.45) is 16.3 Å². The molecule has 21 heavy (non-hydrogen) atoms. The summed E-state index contributed by atoms with van der Waals surface area (Å²) in [5, 5.41) is 3.59. The molecule has 0 bridgehead atoms. The minimum atomic E-state index is 0. The molecule has 0 saturated heterocycles. The highest BCUT2D eigenvalue weighted by Crippen LogP contribution is 2.60. The Balaban J connectivity index is 0.00000161. The van der Waals surface area contributed by atoms with E-state index >= 15 is 0 Å². The Bertz CT molecular complexity index is 478. The smallest absolute Gasteiger partial charge is 0.193 e. The molecule has 1 N–H and O–H groups in total. The summed E-state index contributed by atoms with van der Waals surface area (Å²) in [6.45, 7) is 2.00. The molecule has 0 atom stereocenters. The zero-order valence-electron chi connectivity index (χ0n) is 13.0. The Morgan fingerprint density at radius 2 is 1.95 bits per heavy atom. The summed E-state index contributed by atoms with van der Waals surface area (Å²) in [5.74, 6) is 2.01. The Morgan fingerprint density at radius 1 is 1.29 bits per heavy atom. The molecule has 0 amide bonds. The predicted molar refractivity (Wildman–Crippen MR) is 99.1 cm³/mol. The van der Waals surface area contributed by atoms with Gasteiger partial charge < -0.3 is 10.2 Å². The summed E-state index contributed by atoms with van der Waals surface area (Å²) in [4.78, 5) is 6.63. The maximum absolute atomic E-state index is 4.43. The summed E-state index contributed by atoms with van der Waals surface area (Å²) in [5.41, 5.74) is 1.94. The van der Waals surface area contributed by atoms with Crippen molar-refractivity contribution in [2.75, 3.05) is 20.6 Å². The van der Waals surface area contributed by atoms with Gasteiger partial charge in [0, 0.05) is 27.2 Å². The van der Waals surface area contributed by atoms with E-state index < -0.39 is 0 Å². The highest BCUT2D eigenvalue weighted by atomic mass is 127. The lowest BCUT2D eigenvalue weighted by molar-refractivity contribution is 0.409. The van der Waals surface area contributed by atoms with Gasteiger partial charge in [0.1, 0.15) is 0 Å². The monoisotopic (exact) mass is 399 g/mol. The molecule has 3 nitrogen and oxygen atoms in total. The third kappa shape index (κ3) is 4.11. The van der Waals surface area contributed by atoms with E-state index in [-0.39, 0.29) is 24.0 Å². The zero-order chi connectivity index (χ0) is 14.0. The van der Waals surface area contributed by atoms with Crippen LogP contribution >= 0.6 is 24.0 Å². The van der Waals surface area contributed by atoms with E-state index in [1.165, 1.54) is 31.2 Å². The topological polar surface area (TPSA) is 27.6 Å². The van der Waals surface area contributed by atoms with Crippen molar-refractivity contribution in [3.8, 4) is 0 Å². The number of guanidine groups is 1. The van der Waals surface area contributed by atoms with Crippen molar-refractivity contribution < 1.29 is 0 Å². The van der Waals surface area contributed by atoms with Crippen LogP contribution in [0.2, 0.25) is 0 Å². The molecule has 0 aromatic heterocycles. The minimum absolute atomic E-state index is 0. The largest absolute Gasteiger partial charge is 0.356 e. The molecule has 4 heteroatoms. The van der Waals surface area contributed by atoms with E-state index in [9.17, 15) is 0 Å². The molecule has 116 valence electrons. The molecule has 1 aromatic rings. The van der Waals surface area contributed by atoms with Crippen molar-refractivity contribution in [3.63, 3.8) is 0 Å². The van der Waals surface area contributed by atoms with E-state index in [1.807, 2.05) is 7.05 Å². The molecule has 0 radical (unpaired) electrons. The lowest BCUT2D eigenvalue weighted by Gasteiger charge is -2.24. The third-order valence-electron chi connectivity index (χ3n) is 4.77. The first-order valence-corrected chi connectivity index (χ1v) is 7.69. The number of hydrogen-bond acceptors (Lipinski definition) is 1. The van der Waals surface area contributed by atoms with Crippen LogP contribution < -0.4 is 5.32 Å². The van der Waals surface area contributed by atoms with Gasteiger partial charge in [-0.05, 0) is 42.6 Å². The van der Waals surface area contributed by atoms with Crippen molar-refractivity contribution in [2.45, 2.75) is 32.2 Å². The van der Waals surface area contributed by atoms with Crippen LogP contribution in [0.1, 0.15) is 31.2 Å². The van der Waals surface area contributed by atoms with Gasteiger partial charge in [0.25, 0.3) is 0 Å². The van der Waals surface area contributed by atoms with E-state index in [1.54, 1.807) is 0 Å². The number of nitrogens with zero attached hydrogens (tertiary/aromatic N) is 2. The van der Waals surface area contributed by atoms with Gasteiger partial charge >= 0.3 is 0 Å². The number of aliphatic imine (C=N–C) groups is 1. The van der Waals surface area contributed by atoms with E-state index in [0.717, 1.165) is 25.0 Å². The molecular formula is C17H26IN3. The van der Waals surface area contributed by atoms with Gasteiger partial charge in [-0.3, -0.25) is 4.99 Å². The van der Waals surface area contributed by atoms with Crippen LogP contribution in [0.3, 0.4) is 0 Å². The Kier molecular flexibility index (Phi) is 5.52. The summed E-state index contributed by atoms with van der Waals surface area (Å²) in [6.07, 6.45) is 5.70. The van der Waals surface area contributed by atoms with Gasteiger partial charge in [-0.1, -0.05) is 30.3 Å².